The maximum absolute atomic E-state index is 4.50. The first-order chi connectivity index (χ1) is 6.61. The standard InChI is InChI=1S/C11H13N2P/c1-7-5-4-6-10-11(7)8(2)13(14)9(3)12-10/h4-6H,2,14H2,1,3H3. The number of nitrogens with zero attached hydrogens (tertiary/aromatic N) is 2. The summed E-state index contributed by atoms with van der Waals surface area (Å²) in [5.74, 6) is 0.957. The van der Waals surface area contributed by atoms with Crippen molar-refractivity contribution in [3.05, 3.63) is 35.9 Å². The number of benzene rings is 1. The molecule has 1 aliphatic rings. The molecule has 14 heavy (non-hydrogen) atoms. The average molecular weight is 204 g/mol. The minimum absolute atomic E-state index is 0.957. The molecule has 2 nitrogen and oxygen atoms in total. The molecular formula is C11H13N2P. The first-order valence-electron chi connectivity index (χ1n) is 4.50. The fourth-order valence-corrected chi connectivity index (χ4v) is 1.85. The average Bonchev–Trinajstić information content (AvgIpc) is 2.14. The minimum atomic E-state index is 0.957. The van der Waals surface area contributed by atoms with Gasteiger partial charge in [0, 0.05) is 11.3 Å². The third-order valence-electron chi connectivity index (χ3n) is 2.46. The maximum Gasteiger partial charge on any atom is 0.109 e. The monoisotopic (exact) mass is 204 g/mol. The molecule has 0 amide bonds. The molecule has 0 N–H and O–H groups in total. The molecule has 0 saturated heterocycles. The number of amidine groups is 1. The van der Waals surface area contributed by atoms with Crippen LogP contribution in [0.3, 0.4) is 0 Å². The van der Waals surface area contributed by atoms with Crippen molar-refractivity contribution in [1.29, 1.82) is 0 Å². The van der Waals surface area contributed by atoms with Gasteiger partial charge < -0.3 is 4.67 Å². The fraction of sp³-hybridized carbons (Fsp3) is 0.182. The highest BCUT2D eigenvalue weighted by Gasteiger charge is 2.18. The molecular weight excluding hydrogens is 191 g/mol. The van der Waals surface area contributed by atoms with Gasteiger partial charge in [0.05, 0.1) is 5.69 Å². The molecule has 0 radical (unpaired) electrons. The molecule has 1 unspecified atom stereocenters. The second-order valence-electron chi connectivity index (χ2n) is 3.44. The highest BCUT2D eigenvalue weighted by atomic mass is 31.0. The second-order valence-corrected chi connectivity index (χ2v) is 3.96. The predicted molar refractivity (Wildman–Crippen MR) is 64.5 cm³/mol. The summed E-state index contributed by atoms with van der Waals surface area (Å²) in [5.41, 5.74) is 4.38. The summed E-state index contributed by atoms with van der Waals surface area (Å²) in [6, 6.07) is 6.13. The van der Waals surface area contributed by atoms with Crippen molar-refractivity contribution < 1.29 is 0 Å². The molecule has 0 fully saturated rings. The quantitative estimate of drug-likeness (QED) is 0.593. The maximum atomic E-state index is 4.50. The lowest BCUT2D eigenvalue weighted by Crippen LogP contribution is -2.19. The van der Waals surface area contributed by atoms with Gasteiger partial charge >= 0.3 is 0 Å². The van der Waals surface area contributed by atoms with Crippen LogP contribution in [0.4, 0.5) is 5.69 Å². The Morgan fingerprint density at radius 1 is 1.36 bits per heavy atom. The molecule has 2 rings (SSSR count). The highest BCUT2D eigenvalue weighted by Crippen LogP contribution is 2.36. The van der Waals surface area contributed by atoms with E-state index in [0.29, 0.717) is 0 Å². The Labute approximate surface area is 86.6 Å². The molecule has 1 aliphatic heterocycles. The Hall–Kier alpha value is -1.14. The number of aliphatic imine (C=N–C) groups is 1. The molecule has 72 valence electrons. The number of hydrogen-bond donors (Lipinski definition) is 0. The SMILES string of the molecule is C=C1c2c(C)cccc2N=C(C)N1P. The van der Waals surface area contributed by atoms with Crippen LogP contribution in [0.25, 0.3) is 5.70 Å². The molecule has 1 aromatic carbocycles. The summed E-state index contributed by atoms with van der Waals surface area (Å²) in [6.07, 6.45) is 0. The third kappa shape index (κ3) is 1.27. The van der Waals surface area contributed by atoms with Gasteiger partial charge in [-0.15, -0.1) is 0 Å². The van der Waals surface area contributed by atoms with Crippen molar-refractivity contribution >= 4 is 26.6 Å². The van der Waals surface area contributed by atoms with E-state index in [1.165, 1.54) is 5.56 Å². The Kier molecular flexibility index (Phi) is 2.16. The van der Waals surface area contributed by atoms with E-state index in [0.717, 1.165) is 22.8 Å². The van der Waals surface area contributed by atoms with Crippen molar-refractivity contribution in [2.75, 3.05) is 0 Å². The molecule has 0 saturated carbocycles. The van der Waals surface area contributed by atoms with Crippen LogP contribution >= 0.6 is 9.39 Å². The van der Waals surface area contributed by atoms with Gasteiger partial charge in [-0.2, -0.15) is 0 Å². The zero-order valence-electron chi connectivity index (χ0n) is 8.41. The number of hydrogen-bond acceptors (Lipinski definition) is 2. The summed E-state index contributed by atoms with van der Waals surface area (Å²) in [4.78, 5) is 4.50. The molecule has 1 atom stereocenters. The minimum Gasteiger partial charge on any atom is -0.314 e. The molecule has 1 heterocycles. The zero-order chi connectivity index (χ0) is 10.3. The Balaban J connectivity index is 2.70. The van der Waals surface area contributed by atoms with Crippen LogP contribution in [-0.4, -0.2) is 10.5 Å². The van der Waals surface area contributed by atoms with E-state index in [4.69, 9.17) is 0 Å². The molecule has 0 spiro atoms. The Morgan fingerprint density at radius 3 is 2.79 bits per heavy atom. The number of aryl methyl sites for hydroxylation is 1. The smallest absolute Gasteiger partial charge is 0.109 e. The summed E-state index contributed by atoms with van der Waals surface area (Å²) >= 11 is 0. The van der Waals surface area contributed by atoms with Crippen molar-refractivity contribution in [3.63, 3.8) is 0 Å². The Morgan fingerprint density at radius 2 is 2.07 bits per heavy atom. The zero-order valence-corrected chi connectivity index (χ0v) is 9.57. The topological polar surface area (TPSA) is 15.6 Å². The van der Waals surface area contributed by atoms with Gasteiger partial charge in [0.1, 0.15) is 5.84 Å². The lowest BCUT2D eigenvalue weighted by molar-refractivity contribution is 0.932. The van der Waals surface area contributed by atoms with E-state index in [1.54, 1.807) is 0 Å². The normalized spacial score (nSPS) is 15.2. The number of rotatable bonds is 0. The molecule has 0 bridgehead atoms. The first-order valence-corrected chi connectivity index (χ1v) is 5.02. The first kappa shape index (κ1) is 9.42. The van der Waals surface area contributed by atoms with E-state index in [2.05, 4.69) is 34.0 Å². The van der Waals surface area contributed by atoms with Crippen LogP contribution in [0.1, 0.15) is 18.1 Å². The molecule has 0 aromatic heterocycles. The van der Waals surface area contributed by atoms with Crippen LogP contribution in [-0.2, 0) is 0 Å². The van der Waals surface area contributed by atoms with Gasteiger partial charge in [-0.05, 0) is 34.9 Å². The number of fused-ring (bicyclic) bond motifs is 1. The van der Waals surface area contributed by atoms with Gasteiger partial charge in [-0.25, -0.2) is 4.99 Å². The summed E-state index contributed by atoms with van der Waals surface area (Å²) in [6.45, 7) is 8.13. The van der Waals surface area contributed by atoms with Crippen molar-refractivity contribution in [2.45, 2.75) is 13.8 Å². The van der Waals surface area contributed by atoms with Crippen molar-refractivity contribution in [3.8, 4) is 0 Å². The van der Waals surface area contributed by atoms with Crippen LogP contribution in [0.15, 0.2) is 29.8 Å². The van der Waals surface area contributed by atoms with E-state index in [9.17, 15) is 0 Å². The van der Waals surface area contributed by atoms with E-state index in [-0.39, 0.29) is 0 Å². The lowest BCUT2D eigenvalue weighted by Gasteiger charge is -2.27. The van der Waals surface area contributed by atoms with E-state index in [1.807, 2.05) is 23.7 Å². The summed E-state index contributed by atoms with van der Waals surface area (Å²) in [5, 5.41) is 0. The molecule has 1 aromatic rings. The van der Waals surface area contributed by atoms with Gasteiger partial charge in [0.2, 0.25) is 0 Å². The Bertz CT molecular complexity index is 435. The third-order valence-corrected chi connectivity index (χ3v) is 3.15. The van der Waals surface area contributed by atoms with Gasteiger partial charge in [0.15, 0.2) is 0 Å². The fourth-order valence-electron chi connectivity index (χ4n) is 1.66. The lowest BCUT2D eigenvalue weighted by atomic mass is 10.0. The summed E-state index contributed by atoms with van der Waals surface area (Å²) in [7, 11) is 2.63. The van der Waals surface area contributed by atoms with Crippen molar-refractivity contribution in [2.24, 2.45) is 4.99 Å². The largest absolute Gasteiger partial charge is 0.314 e. The van der Waals surface area contributed by atoms with Gasteiger partial charge in [-0.3, -0.25) is 0 Å². The van der Waals surface area contributed by atoms with Gasteiger partial charge in [0.25, 0.3) is 0 Å². The van der Waals surface area contributed by atoms with Gasteiger partial charge in [-0.1, -0.05) is 18.7 Å². The van der Waals surface area contributed by atoms with E-state index < -0.39 is 0 Å². The van der Waals surface area contributed by atoms with E-state index >= 15 is 0 Å². The predicted octanol–water partition coefficient (Wildman–Crippen LogP) is 3.12. The highest BCUT2D eigenvalue weighted by molar-refractivity contribution is 7.15. The van der Waals surface area contributed by atoms with Crippen LogP contribution in [0, 0.1) is 6.92 Å². The van der Waals surface area contributed by atoms with Crippen molar-refractivity contribution in [1.82, 2.24) is 4.67 Å². The summed E-state index contributed by atoms with van der Waals surface area (Å²) < 4.78 is 1.94. The van der Waals surface area contributed by atoms with Crippen LogP contribution in [0.2, 0.25) is 0 Å². The van der Waals surface area contributed by atoms with Crippen LogP contribution < -0.4 is 0 Å². The molecule has 3 heteroatoms. The molecule has 0 aliphatic carbocycles. The van der Waals surface area contributed by atoms with Crippen LogP contribution in [0.5, 0.6) is 0 Å². The second kappa shape index (κ2) is 3.21.